The van der Waals surface area contributed by atoms with Crippen LogP contribution in [0, 0.1) is 6.92 Å². The third-order valence-electron chi connectivity index (χ3n) is 3.70. The van der Waals surface area contributed by atoms with Crippen LogP contribution in [0.2, 0.25) is 0 Å². The van der Waals surface area contributed by atoms with Crippen LogP contribution < -0.4 is 5.01 Å². The zero-order chi connectivity index (χ0) is 17.4. The Bertz CT molecular complexity index is 852. The van der Waals surface area contributed by atoms with Crippen molar-refractivity contribution in [2.24, 2.45) is 5.10 Å². The summed E-state index contributed by atoms with van der Waals surface area (Å²) in [4.78, 5) is 28.6. The Hall–Kier alpha value is -2.41. The molecule has 3 rings (SSSR count). The topological polar surface area (TPSA) is 67.6 Å². The number of aromatic nitrogens is 2. The summed E-state index contributed by atoms with van der Waals surface area (Å²) in [5.74, 6) is 0.695. The number of hydrogen-bond donors (Lipinski definition) is 0. The number of rotatable bonds is 2. The van der Waals surface area contributed by atoms with Crippen LogP contribution in [0.5, 0.6) is 0 Å². The van der Waals surface area contributed by atoms with Gasteiger partial charge in [0.15, 0.2) is 5.82 Å². The van der Waals surface area contributed by atoms with Gasteiger partial charge in [-0.15, -0.1) is 0 Å². The van der Waals surface area contributed by atoms with E-state index in [0.717, 1.165) is 11.1 Å². The summed E-state index contributed by atoms with van der Waals surface area (Å²) in [6, 6.07) is 7.90. The molecule has 1 amide bonds. The zero-order valence-electron chi connectivity index (χ0n) is 14.0. The van der Waals surface area contributed by atoms with Crippen molar-refractivity contribution in [1.82, 2.24) is 9.55 Å². The number of thioether (sulfide) groups is 1. The van der Waals surface area contributed by atoms with Gasteiger partial charge in [-0.3, -0.25) is 14.2 Å². The normalized spacial score (nSPS) is 13.5. The number of benzene rings is 1. The standard InChI is InChI=1S/C17H18N4O2S/c1-5-14-18-15-17(20(14)11(3)22)24-16(19-21(15)12(4)23)13-8-6-10(2)7-9-13/h6-9H,5H2,1-4H3. The van der Waals surface area contributed by atoms with Crippen molar-refractivity contribution in [1.29, 1.82) is 0 Å². The van der Waals surface area contributed by atoms with Crippen LogP contribution in [0.3, 0.4) is 0 Å². The lowest BCUT2D eigenvalue weighted by atomic mass is 10.2. The maximum atomic E-state index is 12.1. The highest BCUT2D eigenvalue weighted by Crippen LogP contribution is 2.38. The van der Waals surface area contributed by atoms with Crippen LogP contribution in [0.4, 0.5) is 5.82 Å². The Morgan fingerprint density at radius 3 is 2.33 bits per heavy atom. The molecule has 0 spiro atoms. The maximum absolute atomic E-state index is 12.1. The largest absolute Gasteiger partial charge is 0.274 e. The number of nitrogens with zero attached hydrogens (tertiary/aromatic N) is 4. The molecule has 6 nitrogen and oxygen atoms in total. The first kappa shape index (κ1) is 16.4. The van der Waals surface area contributed by atoms with E-state index in [4.69, 9.17) is 0 Å². The Kier molecular flexibility index (Phi) is 4.28. The van der Waals surface area contributed by atoms with Gasteiger partial charge in [0.1, 0.15) is 15.9 Å². The number of hydrogen-bond acceptors (Lipinski definition) is 5. The fourth-order valence-electron chi connectivity index (χ4n) is 2.51. The van der Waals surface area contributed by atoms with E-state index in [1.54, 1.807) is 4.57 Å². The Balaban J connectivity index is 2.15. The van der Waals surface area contributed by atoms with Gasteiger partial charge in [-0.2, -0.15) is 10.1 Å². The van der Waals surface area contributed by atoms with Crippen LogP contribution in [0.15, 0.2) is 34.4 Å². The molecule has 0 radical (unpaired) electrons. The molecule has 0 atom stereocenters. The van der Waals surface area contributed by atoms with Gasteiger partial charge >= 0.3 is 0 Å². The highest BCUT2D eigenvalue weighted by atomic mass is 32.2. The van der Waals surface area contributed by atoms with Gasteiger partial charge in [-0.05, 0) is 18.7 Å². The van der Waals surface area contributed by atoms with E-state index >= 15 is 0 Å². The lowest BCUT2D eigenvalue weighted by Crippen LogP contribution is -2.28. The molecule has 0 saturated carbocycles. The van der Waals surface area contributed by atoms with Gasteiger partial charge in [-0.25, -0.2) is 4.98 Å². The van der Waals surface area contributed by atoms with Crippen LogP contribution in [-0.4, -0.2) is 26.4 Å². The van der Waals surface area contributed by atoms with E-state index in [1.807, 2.05) is 38.1 Å². The van der Waals surface area contributed by atoms with Gasteiger partial charge in [0.25, 0.3) is 0 Å². The first-order valence-corrected chi connectivity index (χ1v) is 8.50. The quantitative estimate of drug-likeness (QED) is 0.840. The third kappa shape index (κ3) is 2.75. The second kappa shape index (κ2) is 6.24. The van der Waals surface area contributed by atoms with Gasteiger partial charge in [0.2, 0.25) is 11.8 Å². The molecule has 2 aromatic rings. The Morgan fingerprint density at radius 1 is 1.12 bits per heavy atom. The predicted octanol–water partition coefficient (Wildman–Crippen LogP) is 3.23. The van der Waals surface area contributed by atoms with Crippen LogP contribution in [-0.2, 0) is 11.2 Å². The summed E-state index contributed by atoms with van der Waals surface area (Å²) < 4.78 is 1.57. The molecular formula is C17H18N4O2S. The van der Waals surface area contributed by atoms with Gasteiger partial charge < -0.3 is 0 Å². The average molecular weight is 342 g/mol. The van der Waals surface area contributed by atoms with E-state index in [9.17, 15) is 9.59 Å². The van der Waals surface area contributed by atoms with Crippen molar-refractivity contribution < 1.29 is 9.59 Å². The molecule has 1 aliphatic rings. The summed E-state index contributed by atoms with van der Waals surface area (Å²) >= 11 is 1.36. The lowest BCUT2D eigenvalue weighted by Gasteiger charge is -2.21. The van der Waals surface area contributed by atoms with E-state index in [-0.39, 0.29) is 11.8 Å². The molecule has 24 heavy (non-hydrogen) atoms. The third-order valence-corrected chi connectivity index (χ3v) is 4.77. The van der Waals surface area contributed by atoms with Crippen molar-refractivity contribution in [3.63, 3.8) is 0 Å². The summed E-state index contributed by atoms with van der Waals surface area (Å²) in [5.41, 5.74) is 2.04. The van der Waals surface area contributed by atoms with Crippen molar-refractivity contribution in [2.45, 2.75) is 39.1 Å². The summed E-state index contributed by atoms with van der Waals surface area (Å²) in [6.07, 6.45) is 0.596. The first-order valence-electron chi connectivity index (χ1n) is 7.69. The molecule has 7 heteroatoms. The van der Waals surface area contributed by atoms with Crippen molar-refractivity contribution >= 4 is 34.4 Å². The number of anilines is 1. The van der Waals surface area contributed by atoms with Gasteiger partial charge in [-0.1, -0.05) is 36.8 Å². The van der Waals surface area contributed by atoms with Crippen LogP contribution in [0.1, 0.15) is 42.5 Å². The second-order valence-electron chi connectivity index (χ2n) is 5.57. The molecule has 124 valence electrons. The van der Waals surface area contributed by atoms with Gasteiger partial charge in [0, 0.05) is 25.8 Å². The second-order valence-corrected chi connectivity index (χ2v) is 6.55. The summed E-state index contributed by atoms with van der Waals surface area (Å²) in [5, 5.41) is 7.03. The predicted molar refractivity (Wildman–Crippen MR) is 94.6 cm³/mol. The lowest BCUT2D eigenvalue weighted by molar-refractivity contribution is -0.116. The molecule has 2 heterocycles. The molecule has 0 bridgehead atoms. The maximum Gasteiger partial charge on any atom is 0.245 e. The fraction of sp³-hybridized carbons (Fsp3) is 0.294. The highest BCUT2D eigenvalue weighted by Gasteiger charge is 2.31. The monoisotopic (exact) mass is 342 g/mol. The molecule has 1 aromatic heterocycles. The first-order chi connectivity index (χ1) is 11.4. The molecule has 0 saturated heterocycles. The number of carbonyl (C=O) groups is 2. The molecule has 0 N–H and O–H groups in total. The average Bonchev–Trinajstić information content (AvgIpc) is 2.93. The zero-order valence-corrected chi connectivity index (χ0v) is 14.8. The molecule has 1 aliphatic heterocycles. The SMILES string of the molecule is CCc1nc2c(n1C(C)=O)SC(c1ccc(C)cc1)=NN2C(C)=O. The minimum atomic E-state index is -0.239. The van der Waals surface area contributed by atoms with Crippen molar-refractivity contribution in [2.75, 3.05) is 5.01 Å². The summed E-state index contributed by atoms with van der Waals surface area (Å²) in [7, 11) is 0. The number of carbonyl (C=O) groups excluding carboxylic acids is 2. The number of aryl methyl sites for hydroxylation is 2. The molecule has 0 unspecified atom stereocenters. The molecular weight excluding hydrogens is 324 g/mol. The van der Waals surface area contributed by atoms with Crippen molar-refractivity contribution in [3.8, 4) is 0 Å². The number of imidazole rings is 1. The smallest absolute Gasteiger partial charge is 0.245 e. The fourth-order valence-corrected chi connectivity index (χ4v) is 3.62. The number of amides is 1. The number of hydrazone groups is 1. The molecule has 0 fully saturated rings. The van der Waals surface area contributed by atoms with Crippen molar-refractivity contribution in [3.05, 3.63) is 41.2 Å². The van der Waals surface area contributed by atoms with E-state index in [1.165, 1.54) is 30.6 Å². The Morgan fingerprint density at radius 2 is 1.79 bits per heavy atom. The Labute approximate surface area is 144 Å². The summed E-state index contributed by atoms with van der Waals surface area (Å²) in [6.45, 7) is 6.88. The minimum absolute atomic E-state index is 0.123. The molecule has 0 aliphatic carbocycles. The van der Waals surface area contributed by atoms with E-state index in [2.05, 4.69) is 10.1 Å². The molecule has 1 aromatic carbocycles. The number of fused-ring (bicyclic) bond motifs is 1. The highest BCUT2D eigenvalue weighted by molar-refractivity contribution is 8.14. The minimum Gasteiger partial charge on any atom is -0.274 e. The van der Waals surface area contributed by atoms with Crippen LogP contribution in [0.25, 0.3) is 0 Å². The van der Waals surface area contributed by atoms with E-state index < -0.39 is 0 Å². The van der Waals surface area contributed by atoms with Gasteiger partial charge in [0.05, 0.1) is 0 Å². The van der Waals surface area contributed by atoms with Crippen LogP contribution >= 0.6 is 11.8 Å². The van der Waals surface area contributed by atoms with E-state index in [0.29, 0.717) is 28.1 Å².